The molecule has 1 atom stereocenters. The molecule has 3 saturated heterocycles. The standard InChI is InChI=1S/C12H20N6O/c1-9-11(14-15-16(9)2)12(19)13-7-10-8-17-3-5-18(10)6-4-17/h10H,3-8H2,1-2H3,(H,13,19). The van der Waals surface area contributed by atoms with E-state index in [1.807, 2.05) is 6.92 Å². The fraction of sp³-hybridized carbons (Fsp3) is 0.750. The number of amides is 1. The van der Waals surface area contributed by atoms with Crippen molar-refractivity contribution < 1.29 is 4.79 Å². The van der Waals surface area contributed by atoms with Gasteiger partial charge in [-0.25, -0.2) is 0 Å². The van der Waals surface area contributed by atoms with Gasteiger partial charge in [0, 0.05) is 52.4 Å². The van der Waals surface area contributed by atoms with E-state index in [1.165, 1.54) is 0 Å². The highest BCUT2D eigenvalue weighted by Crippen LogP contribution is 2.14. The molecule has 1 amide bonds. The summed E-state index contributed by atoms with van der Waals surface area (Å²) >= 11 is 0. The van der Waals surface area contributed by atoms with Crippen LogP contribution in [0.5, 0.6) is 0 Å². The van der Waals surface area contributed by atoms with Crippen LogP contribution < -0.4 is 5.32 Å². The highest BCUT2D eigenvalue weighted by Gasteiger charge is 2.32. The van der Waals surface area contributed by atoms with E-state index in [9.17, 15) is 4.79 Å². The summed E-state index contributed by atoms with van der Waals surface area (Å²) in [6, 6.07) is 0.434. The molecule has 1 aromatic heterocycles. The Morgan fingerprint density at radius 2 is 2.11 bits per heavy atom. The second kappa shape index (κ2) is 4.90. The van der Waals surface area contributed by atoms with Gasteiger partial charge in [-0.15, -0.1) is 5.10 Å². The minimum atomic E-state index is -0.122. The molecule has 104 valence electrons. The Morgan fingerprint density at radius 1 is 1.37 bits per heavy atom. The topological polar surface area (TPSA) is 66.3 Å². The summed E-state index contributed by atoms with van der Waals surface area (Å²) < 4.78 is 1.62. The van der Waals surface area contributed by atoms with E-state index in [-0.39, 0.29) is 5.91 Å². The average Bonchev–Trinajstić information content (AvgIpc) is 2.78. The smallest absolute Gasteiger partial charge is 0.273 e. The molecule has 3 fully saturated rings. The van der Waals surface area contributed by atoms with Crippen LogP contribution in [0.1, 0.15) is 16.2 Å². The number of aromatic nitrogens is 3. The molecule has 7 nitrogen and oxygen atoms in total. The third-order valence-corrected chi connectivity index (χ3v) is 4.21. The van der Waals surface area contributed by atoms with Crippen molar-refractivity contribution in [2.45, 2.75) is 13.0 Å². The van der Waals surface area contributed by atoms with Gasteiger partial charge in [-0.1, -0.05) is 5.21 Å². The van der Waals surface area contributed by atoms with Crippen LogP contribution in [0.2, 0.25) is 0 Å². The van der Waals surface area contributed by atoms with Gasteiger partial charge in [-0.2, -0.15) is 0 Å². The molecule has 1 aromatic rings. The van der Waals surface area contributed by atoms with Crippen molar-refractivity contribution in [3.05, 3.63) is 11.4 Å². The van der Waals surface area contributed by atoms with Crippen LogP contribution in [0.25, 0.3) is 0 Å². The molecular formula is C12H20N6O. The van der Waals surface area contributed by atoms with Crippen molar-refractivity contribution in [3.63, 3.8) is 0 Å². The van der Waals surface area contributed by atoms with Gasteiger partial charge in [0.15, 0.2) is 5.69 Å². The first-order valence-electron chi connectivity index (χ1n) is 6.76. The lowest BCUT2D eigenvalue weighted by molar-refractivity contribution is 0.0138. The van der Waals surface area contributed by atoms with Gasteiger partial charge in [0.1, 0.15) is 0 Å². The molecule has 0 radical (unpaired) electrons. The zero-order chi connectivity index (χ0) is 13.4. The number of fused-ring (bicyclic) bond motifs is 3. The lowest BCUT2D eigenvalue weighted by Gasteiger charge is -2.47. The molecule has 0 saturated carbocycles. The zero-order valence-corrected chi connectivity index (χ0v) is 11.5. The van der Waals surface area contributed by atoms with Crippen LogP contribution in [0.3, 0.4) is 0 Å². The van der Waals surface area contributed by atoms with E-state index in [0.29, 0.717) is 18.3 Å². The normalized spacial score (nSPS) is 29.5. The third kappa shape index (κ3) is 2.35. The molecule has 7 heteroatoms. The summed E-state index contributed by atoms with van der Waals surface area (Å²) in [5, 5.41) is 10.7. The Kier molecular flexibility index (Phi) is 3.24. The van der Waals surface area contributed by atoms with E-state index in [2.05, 4.69) is 25.4 Å². The Hall–Kier alpha value is -1.47. The number of carbonyl (C=O) groups is 1. The number of aryl methyl sites for hydroxylation is 1. The van der Waals surface area contributed by atoms with Crippen molar-refractivity contribution in [3.8, 4) is 0 Å². The van der Waals surface area contributed by atoms with Gasteiger partial charge in [0.25, 0.3) is 5.91 Å². The molecule has 0 aliphatic carbocycles. The summed E-state index contributed by atoms with van der Waals surface area (Å²) in [6.07, 6.45) is 0. The zero-order valence-electron chi connectivity index (χ0n) is 11.5. The van der Waals surface area contributed by atoms with Gasteiger partial charge >= 0.3 is 0 Å². The largest absolute Gasteiger partial charge is 0.349 e. The van der Waals surface area contributed by atoms with Crippen LogP contribution >= 0.6 is 0 Å². The van der Waals surface area contributed by atoms with E-state index in [1.54, 1.807) is 11.7 Å². The maximum Gasteiger partial charge on any atom is 0.273 e. The Labute approximate surface area is 112 Å². The van der Waals surface area contributed by atoms with Crippen LogP contribution in [0.15, 0.2) is 0 Å². The molecule has 2 bridgehead atoms. The van der Waals surface area contributed by atoms with Gasteiger partial charge < -0.3 is 5.32 Å². The van der Waals surface area contributed by atoms with Gasteiger partial charge in [-0.3, -0.25) is 19.3 Å². The summed E-state index contributed by atoms with van der Waals surface area (Å²) in [4.78, 5) is 17.0. The number of carbonyl (C=O) groups excluding carboxylic acids is 1. The summed E-state index contributed by atoms with van der Waals surface area (Å²) in [6.45, 7) is 8.15. The van der Waals surface area contributed by atoms with E-state index in [0.717, 1.165) is 38.4 Å². The predicted octanol–water partition coefficient (Wildman–Crippen LogP) is -1.15. The SMILES string of the molecule is Cc1c(C(=O)NCC2CN3CCN2CC3)nnn1C. The number of nitrogens with zero attached hydrogens (tertiary/aromatic N) is 5. The maximum absolute atomic E-state index is 12.1. The molecule has 1 unspecified atom stereocenters. The van der Waals surface area contributed by atoms with E-state index < -0.39 is 0 Å². The summed E-state index contributed by atoms with van der Waals surface area (Å²) in [5.74, 6) is -0.122. The first-order chi connectivity index (χ1) is 9.15. The minimum Gasteiger partial charge on any atom is -0.349 e. The number of hydrogen-bond donors (Lipinski definition) is 1. The summed E-state index contributed by atoms with van der Waals surface area (Å²) in [7, 11) is 1.79. The molecule has 3 aliphatic rings. The first-order valence-corrected chi connectivity index (χ1v) is 6.76. The average molecular weight is 264 g/mol. The van der Waals surface area contributed by atoms with Gasteiger partial charge in [0.05, 0.1) is 5.69 Å². The molecule has 4 heterocycles. The highest BCUT2D eigenvalue weighted by molar-refractivity contribution is 5.93. The molecule has 1 N–H and O–H groups in total. The number of rotatable bonds is 3. The Bertz CT molecular complexity index is 477. The minimum absolute atomic E-state index is 0.122. The van der Waals surface area contributed by atoms with E-state index in [4.69, 9.17) is 0 Å². The lowest BCUT2D eigenvalue weighted by Crippen LogP contribution is -2.63. The van der Waals surface area contributed by atoms with Gasteiger partial charge in [0.2, 0.25) is 0 Å². The first kappa shape index (κ1) is 12.6. The van der Waals surface area contributed by atoms with Crippen LogP contribution in [0.4, 0.5) is 0 Å². The van der Waals surface area contributed by atoms with Crippen LogP contribution in [0, 0.1) is 6.92 Å². The van der Waals surface area contributed by atoms with Crippen LogP contribution in [-0.2, 0) is 7.05 Å². The fourth-order valence-electron chi connectivity index (χ4n) is 2.83. The molecule has 3 aliphatic heterocycles. The van der Waals surface area contributed by atoms with E-state index >= 15 is 0 Å². The van der Waals surface area contributed by atoms with Crippen molar-refractivity contribution >= 4 is 5.91 Å². The van der Waals surface area contributed by atoms with Crippen molar-refractivity contribution in [2.24, 2.45) is 7.05 Å². The maximum atomic E-state index is 12.1. The second-order valence-corrected chi connectivity index (χ2v) is 5.35. The molecule has 19 heavy (non-hydrogen) atoms. The Morgan fingerprint density at radius 3 is 2.63 bits per heavy atom. The monoisotopic (exact) mass is 264 g/mol. The number of hydrogen-bond acceptors (Lipinski definition) is 5. The Balaban J connectivity index is 1.58. The molecule has 0 spiro atoms. The fourth-order valence-corrected chi connectivity index (χ4v) is 2.83. The quantitative estimate of drug-likeness (QED) is 0.747. The molecular weight excluding hydrogens is 244 g/mol. The summed E-state index contributed by atoms with van der Waals surface area (Å²) in [5.41, 5.74) is 1.23. The van der Waals surface area contributed by atoms with Crippen LogP contribution in [-0.4, -0.2) is 76.0 Å². The predicted molar refractivity (Wildman–Crippen MR) is 69.9 cm³/mol. The second-order valence-electron chi connectivity index (χ2n) is 5.35. The molecule has 4 rings (SSSR count). The number of nitrogens with one attached hydrogen (secondary N) is 1. The van der Waals surface area contributed by atoms with Crippen molar-refractivity contribution in [1.82, 2.24) is 30.1 Å². The molecule has 0 aromatic carbocycles. The lowest BCUT2D eigenvalue weighted by atomic mass is 10.1. The third-order valence-electron chi connectivity index (χ3n) is 4.21. The van der Waals surface area contributed by atoms with Crippen molar-refractivity contribution in [1.29, 1.82) is 0 Å². The number of piperazine rings is 3. The highest BCUT2D eigenvalue weighted by atomic mass is 16.2. The van der Waals surface area contributed by atoms with Gasteiger partial charge in [-0.05, 0) is 6.92 Å². The van der Waals surface area contributed by atoms with Crippen molar-refractivity contribution in [2.75, 3.05) is 39.3 Å².